The molecule has 2 aromatic carbocycles. The van der Waals surface area contributed by atoms with Crippen molar-refractivity contribution in [1.82, 2.24) is 4.90 Å². The number of carbonyl (C=O) groups excluding carboxylic acids is 2. The minimum atomic E-state index is -1.46. The van der Waals surface area contributed by atoms with Gasteiger partial charge in [-0.3, -0.25) is 9.69 Å². The van der Waals surface area contributed by atoms with Crippen molar-refractivity contribution in [3.8, 4) is 0 Å². The molecule has 5 nitrogen and oxygen atoms in total. The second kappa shape index (κ2) is 8.83. The number of likely N-dealkylation sites (N-methyl/N-ethyl adjacent to an activating group) is 1. The number of carbonyl (C=O) groups is 2. The quantitative estimate of drug-likeness (QED) is 0.599. The lowest BCUT2D eigenvalue weighted by Crippen LogP contribution is -2.36. The van der Waals surface area contributed by atoms with Gasteiger partial charge >= 0.3 is 5.97 Å². The van der Waals surface area contributed by atoms with Gasteiger partial charge in [-0.1, -0.05) is 6.07 Å². The Morgan fingerprint density at radius 2 is 1.61 bits per heavy atom. The van der Waals surface area contributed by atoms with E-state index in [1.807, 2.05) is 0 Å². The Bertz CT molecular complexity index is 869. The number of amides is 1. The van der Waals surface area contributed by atoms with Crippen molar-refractivity contribution in [1.29, 1.82) is 0 Å². The highest BCUT2D eigenvalue weighted by Crippen LogP contribution is 2.26. The Morgan fingerprint density at radius 3 is 2.18 bits per heavy atom. The van der Waals surface area contributed by atoms with Crippen LogP contribution in [-0.4, -0.2) is 37.0 Å². The first kappa shape index (κ1) is 21.4. The summed E-state index contributed by atoms with van der Waals surface area (Å²) in [6.07, 6.45) is -1.44. The number of nitrogens with one attached hydrogen (secondary N) is 1. The van der Waals surface area contributed by atoms with Crippen LogP contribution in [0.5, 0.6) is 0 Å². The number of hydrogen-bond acceptors (Lipinski definition) is 4. The topological polar surface area (TPSA) is 58.6 Å². The van der Waals surface area contributed by atoms with Gasteiger partial charge in [-0.15, -0.1) is 0 Å². The summed E-state index contributed by atoms with van der Waals surface area (Å²) in [5.41, 5.74) is -0.960. The van der Waals surface area contributed by atoms with Gasteiger partial charge in [0.15, 0.2) is 6.10 Å². The van der Waals surface area contributed by atoms with E-state index >= 15 is 0 Å². The zero-order valence-corrected chi connectivity index (χ0v) is 15.3. The van der Waals surface area contributed by atoms with Gasteiger partial charge in [-0.25, -0.2) is 22.4 Å². The average Bonchev–Trinajstić information content (AvgIpc) is 2.60. The molecule has 0 aliphatic heterocycles. The highest BCUT2D eigenvalue weighted by atomic mass is 19.1. The van der Waals surface area contributed by atoms with Gasteiger partial charge in [0.05, 0.1) is 11.3 Å². The van der Waals surface area contributed by atoms with E-state index in [9.17, 15) is 27.2 Å². The Balaban J connectivity index is 2.16. The summed E-state index contributed by atoms with van der Waals surface area (Å²) in [4.78, 5) is 25.8. The first-order valence-electron chi connectivity index (χ1n) is 8.18. The molecule has 0 saturated heterocycles. The number of halogens is 4. The second-order valence-electron chi connectivity index (χ2n) is 6.19. The number of nitrogens with zero attached hydrogens (tertiary/aromatic N) is 1. The first-order valence-corrected chi connectivity index (χ1v) is 8.18. The number of ether oxygens (including phenoxy) is 1. The molecule has 28 heavy (non-hydrogen) atoms. The number of hydrogen-bond donors (Lipinski definition) is 1. The van der Waals surface area contributed by atoms with Gasteiger partial charge in [0, 0.05) is 6.07 Å². The third-order valence-electron chi connectivity index (χ3n) is 3.86. The van der Waals surface area contributed by atoms with Crippen LogP contribution >= 0.6 is 0 Å². The van der Waals surface area contributed by atoms with Crippen LogP contribution in [0.25, 0.3) is 0 Å². The van der Waals surface area contributed by atoms with Crippen molar-refractivity contribution in [2.75, 3.05) is 19.4 Å². The van der Waals surface area contributed by atoms with Crippen LogP contribution in [0.1, 0.15) is 18.5 Å². The molecule has 1 N–H and O–H groups in total. The van der Waals surface area contributed by atoms with Gasteiger partial charge in [0.2, 0.25) is 0 Å². The second-order valence-corrected chi connectivity index (χ2v) is 6.19. The largest absolute Gasteiger partial charge is 0.451 e. The number of esters is 1. The van der Waals surface area contributed by atoms with Crippen molar-refractivity contribution in [2.24, 2.45) is 0 Å². The van der Waals surface area contributed by atoms with Crippen LogP contribution < -0.4 is 5.32 Å². The molecule has 0 bridgehead atoms. The Morgan fingerprint density at radius 1 is 1.00 bits per heavy atom. The SMILES string of the molecule is C[C@H](OC(=O)[C@H](c1c(F)cccc1F)N(C)C)C(=O)Nc1cc(F)ccc1F. The lowest BCUT2D eigenvalue weighted by Gasteiger charge is -2.25. The summed E-state index contributed by atoms with van der Waals surface area (Å²) in [6, 6.07) is 4.14. The molecule has 2 aromatic rings. The molecule has 0 unspecified atom stereocenters. The zero-order chi connectivity index (χ0) is 21.0. The summed E-state index contributed by atoms with van der Waals surface area (Å²) < 4.78 is 59.9. The third kappa shape index (κ3) is 4.86. The van der Waals surface area contributed by atoms with Crippen molar-refractivity contribution >= 4 is 17.6 Å². The van der Waals surface area contributed by atoms with Gasteiger partial charge in [0.1, 0.15) is 29.3 Å². The molecular formula is C19H18F4N2O3. The maximum atomic E-state index is 14.1. The van der Waals surface area contributed by atoms with Crippen molar-refractivity contribution in [2.45, 2.75) is 19.1 Å². The number of benzene rings is 2. The molecule has 1 amide bonds. The van der Waals surface area contributed by atoms with Crippen LogP contribution in [0, 0.1) is 23.3 Å². The minimum absolute atomic E-state index is 0.433. The fourth-order valence-electron chi connectivity index (χ4n) is 2.48. The zero-order valence-electron chi connectivity index (χ0n) is 15.3. The molecule has 0 aromatic heterocycles. The molecular weight excluding hydrogens is 380 g/mol. The van der Waals surface area contributed by atoms with Crippen LogP contribution in [0.3, 0.4) is 0 Å². The first-order chi connectivity index (χ1) is 13.1. The highest BCUT2D eigenvalue weighted by Gasteiger charge is 2.32. The molecule has 0 spiro atoms. The molecule has 2 atom stereocenters. The Kier molecular flexibility index (Phi) is 6.74. The molecule has 2 rings (SSSR count). The lowest BCUT2D eigenvalue weighted by molar-refractivity contribution is -0.158. The summed E-state index contributed by atoms with van der Waals surface area (Å²) in [6.45, 7) is 1.19. The van der Waals surface area contributed by atoms with Gasteiger partial charge < -0.3 is 10.1 Å². The lowest BCUT2D eigenvalue weighted by atomic mass is 10.0. The Hall–Kier alpha value is -2.94. The maximum absolute atomic E-state index is 14.1. The smallest absolute Gasteiger partial charge is 0.328 e. The predicted octanol–water partition coefficient (Wildman–Crippen LogP) is 3.42. The van der Waals surface area contributed by atoms with Gasteiger partial charge in [-0.2, -0.15) is 0 Å². The fraction of sp³-hybridized carbons (Fsp3) is 0.263. The monoisotopic (exact) mass is 398 g/mol. The third-order valence-corrected chi connectivity index (χ3v) is 3.86. The summed E-state index contributed by atoms with van der Waals surface area (Å²) in [5.74, 6) is -5.58. The summed E-state index contributed by atoms with van der Waals surface area (Å²) in [7, 11) is 2.81. The maximum Gasteiger partial charge on any atom is 0.328 e. The Labute approximate surface area is 158 Å². The van der Waals surface area contributed by atoms with E-state index in [1.54, 1.807) is 0 Å². The van der Waals surface area contributed by atoms with Crippen LogP contribution in [0.15, 0.2) is 36.4 Å². The van der Waals surface area contributed by atoms with E-state index in [2.05, 4.69) is 5.32 Å². The molecule has 0 aliphatic carbocycles. The van der Waals surface area contributed by atoms with E-state index in [4.69, 9.17) is 4.74 Å². The highest BCUT2D eigenvalue weighted by molar-refractivity contribution is 5.95. The summed E-state index contributed by atoms with van der Waals surface area (Å²) >= 11 is 0. The van der Waals surface area contributed by atoms with Crippen molar-refractivity contribution < 1.29 is 31.9 Å². The standard InChI is InChI=1S/C19H18F4N2O3/c1-10(18(26)24-15-9-11(20)7-8-12(15)21)28-19(27)17(25(2)3)16-13(22)5-4-6-14(16)23/h4-10,17H,1-3H3,(H,24,26)/t10-,17-/m0/s1. The van der Waals surface area contributed by atoms with Gasteiger partial charge in [0.25, 0.3) is 5.91 Å². The number of rotatable bonds is 6. The van der Waals surface area contributed by atoms with Crippen LogP contribution in [0.2, 0.25) is 0 Å². The molecule has 0 saturated carbocycles. The van der Waals surface area contributed by atoms with Gasteiger partial charge in [-0.05, 0) is 45.3 Å². The molecule has 9 heteroatoms. The molecule has 0 heterocycles. The van der Waals surface area contributed by atoms with E-state index in [-0.39, 0.29) is 0 Å². The van der Waals surface area contributed by atoms with Crippen LogP contribution in [-0.2, 0) is 14.3 Å². The minimum Gasteiger partial charge on any atom is -0.451 e. The van der Waals surface area contributed by atoms with Crippen molar-refractivity contribution in [3.05, 3.63) is 65.2 Å². The summed E-state index contributed by atoms with van der Waals surface area (Å²) in [5, 5.41) is 2.09. The predicted molar refractivity (Wildman–Crippen MR) is 93.3 cm³/mol. The average molecular weight is 398 g/mol. The van der Waals surface area contributed by atoms with E-state index in [0.717, 1.165) is 36.4 Å². The van der Waals surface area contributed by atoms with Crippen molar-refractivity contribution in [3.63, 3.8) is 0 Å². The number of anilines is 1. The molecule has 0 fully saturated rings. The molecule has 0 radical (unpaired) electrons. The van der Waals surface area contributed by atoms with E-state index in [1.165, 1.54) is 25.9 Å². The van der Waals surface area contributed by atoms with E-state index in [0.29, 0.717) is 0 Å². The molecule has 0 aliphatic rings. The fourth-order valence-corrected chi connectivity index (χ4v) is 2.48. The normalized spacial score (nSPS) is 13.1. The van der Waals surface area contributed by atoms with Crippen LogP contribution in [0.4, 0.5) is 23.2 Å². The molecule has 150 valence electrons. The van der Waals surface area contributed by atoms with E-state index < -0.39 is 58.5 Å².